The molecule has 4 atom stereocenters. The lowest BCUT2D eigenvalue weighted by Crippen LogP contribution is -2.56. The number of piperidine rings is 1. The number of aromatic amines is 1. The highest BCUT2D eigenvalue weighted by atomic mass is 16.2. The second-order valence-corrected chi connectivity index (χ2v) is 10.7. The van der Waals surface area contributed by atoms with Crippen LogP contribution in [0.2, 0.25) is 0 Å². The fraction of sp³-hybridized carbons (Fsp3) is 0.481. The van der Waals surface area contributed by atoms with Crippen molar-refractivity contribution >= 4 is 23.2 Å². The molecule has 0 radical (unpaired) electrons. The summed E-state index contributed by atoms with van der Waals surface area (Å²) in [7, 11) is 0. The first-order chi connectivity index (χ1) is 17.4. The maximum atomic E-state index is 14.0. The van der Waals surface area contributed by atoms with Crippen LogP contribution in [0.1, 0.15) is 49.9 Å². The van der Waals surface area contributed by atoms with E-state index in [4.69, 9.17) is 0 Å². The number of H-pyrrole nitrogens is 1. The molecule has 2 unspecified atom stereocenters. The minimum absolute atomic E-state index is 0.0143. The molecule has 3 aromatic rings. The van der Waals surface area contributed by atoms with Gasteiger partial charge in [0.1, 0.15) is 12.1 Å². The van der Waals surface area contributed by atoms with Gasteiger partial charge in [0.2, 0.25) is 11.8 Å². The molecule has 3 amide bonds. The molecule has 0 bridgehead atoms. The fourth-order valence-electron chi connectivity index (χ4n) is 5.95. The Balaban J connectivity index is 1.28. The number of pyridine rings is 1. The third-order valence-electron chi connectivity index (χ3n) is 7.97. The van der Waals surface area contributed by atoms with Gasteiger partial charge < -0.3 is 19.5 Å². The molecule has 2 aliphatic heterocycles. The minimum atomic E-state index is -0.577. The van der Waals surface area contributed by atoms with Gasteiger partial charge in [0.05, 0.1) is 22.5 Å². The van der Waals surface area contributed by atoms with Crippen molar-refractivity contribution in [3.8, 4) is 11.4 Å². The largest absolute Gasteiger partial charge is 0.342 e. The number of carbonyl (C=O) groups excluding carboxylic acids is 3. The van der Waals surface area contributed by atoms with Crippen LogP contribution in [0.3, 0.4) is 0 Å². The number of amides is 3. The number of likely N-dealkylation sites (tertiary alicyclic amines) is 2. The molecule has 6 rings (SSSR count). The van der Waals surface area contributed by atoms with Crippen LogP contribution in [0.15, 0.2) is 42.7 Å². The van der Waals surface area contributed by atoms with Gasteiger partial charge in [-0.3, -0.25) is 19.5 Å². The van der Waals surface area contributed by atoms with Crippen LogP contribution < -0.4 is 5.32 Å². The lowest BCUT2D eigenvalue weighted by atomic mass is 10.0. The van der Waals surface area contributed by atoms with E-state index in [9.17, 15) is 14.4 Å². The molecule has 5 heterocycles. The summed E-state index contributed by atoms with van der Waals surface area (Å²) in [4.78, 5) is 44.3. The van der Waals surface area contributed by atoms with Gasteiger partial charge in [-0.25, -0.2) is 0 Å². The Kier molecular flexibility index (Phi) is 5.58. The molecule has 3 fully saturated rings. The Bertz CT molecular complexity index is 1310. The smallest absolute Gasteiger partial charge is 0.257 e. The van der Waals surface area contributed by atoms with Gasteiger partial charge in [0.15, 0.2) is 0 Å². The van der Waals surface area contributed by atoms with Gasteiger partial charge in [0, 0.05) is 31.5 Å². The van der Waals surface area contributed by atoms with Crippen molar-refractivity contribution in [2.24, 2.45) is 11.8 Å². The van der Waals surface area contributed by atoms with Gasteiger partial charge in [-0.15, -0.1) is 0 Å². The summed E-state index contributed by atoms with van der Waals surface area (Å²) in [5.74, 6) is -0.0628. The predicted molar refractivity (Wildman–Crippen MR) is 134 cm³/mol. The molecule has 9 heteroatoms. The summed E-state index contributed by atoms with van der Waals surface area (Å²) in [5.41, 5.74) is 3.02. The van der Waals surface area contributed by atoms with Gasteiger partial charge >= 0.3 is 0 Å². The summed E-state index contributed by atoms with van der Waals surface area (Å²) in [5, 5.41) is 10.1. The molecule has 9 nitrogen and oxygen atoms in total. The van der Waals surface area contributed by atoms with Gasteiger partial charge in [-0.05, 0) is 61.8 Å². The van der Waals surface area contributed by atoms with Crippen LogP contribution in [0.25, 0.3) is 16.9 Å². The van der Waals surface area contributed by atoms with Crippen LogP contribution in [0, 0.1) is 11.8 Å². The highest BCUT2D eigenvalue weighted by Crippen LogP contribution is 2.49. The average Bonchev–Trinajstić information content (AvgIpc) is 3.43. The summed E-state index contributed by atoms with van der Waals surface area (Å²) in [6, 6.07) is 8.44. The Morgan fingerprint density at radius 2 is 1.92 bits per heavy atom. The summed E-state index contributed by atoms with van der Waals surface area (Å²) >= 11 is 0. The first kappa shape index (κ1) is 22.8. The quantitative estimate of drug-likeness (QED) is 0.557. The van der Waals surface area contributed by atoms with Crippen molar-refractivity contribution in [2.45, 2.75) is 57.7 Å². The third kappa shape index (κ3) is 3.77. The number of hydrogen-bond donors (Lipinski definition) is 2. The maximum Gasteiger partial charge on any atom is 0.257 e. The zero-order chi connectivity index (χ0) is 25.0. The minimum Gasteiger partial charge on any atom is -0.342 e. The number of hydrogen-bond acceptors (Lipinski definition) is 4. The van der Waals surface area contributed by atoms with Gasteiger partial charge in [-0.2, -0.15) is 5.10 Å². The fourth-order valence-corrected chi connectivity index (χ4v) is 5.95. The molecule has 3 aromatic heterocycles. The molecular weight excluding hydrogens is 456 g/mol. The van der Waals surface area contributed by atoms with Crippen LogP contribution in [-0.4, -0.2) is 73.3 Å². The van der Waals surface area contributed by atoms with Gasteiger partial charge in [0.25, 0.3) is 5.91 Å². The molecule has 36 heavy (non-hydrogen) atoms. The van der Waals surface area contributed by atoms with Crippen LogP contribution in [-0.2, 0) is 9.59 Å². The molecule has 0 aromatic carbocycles. The van der Waals surface area contributed by atoms with E-state index < -0.39 is 12.1 Å². The van der Waals surface area contributed by atoms with E-state index in [0.717, 1.165) is 49.3 Å². The highest BCUT2D eigenvalue weighted by Gasteiger charge is 2.56. The van der Waals surface area contributed by atoms with E-state index in [1.807, 2.05) is 59.7 Å². The molecule has 188 valence electrons. The first-order valence-electron chi connectivity index (χ1n) is 13.0. The molecule has 0 spiro atoms. The van der Waals surface area contributed by atoms with Crippen molar-refractivity contribution in [3.63, 3.8) is 0 Å². The van der Waals surface area contributed by atoms with E-state index in [2.05, 4.69) is 15.5 Å². The summed E-state index contributed by atoms with van der Waals surface area (Å²) < 4.78 is 1.97. The van der Waals surface area contributed by atoms with Crippen molar-refractivity contribution in [1.82, 2.24) is 29.7 Å². The van der Waals surface area contributed by atoms with Crippen LogP contribution in [0.4, 0.5) is 0 Å². The molecule has 1 aliphatic carbocycles. The van der Waals surface area contributed by atoms with Crippen LogP contribution in [0.5, 0.6) is 0 Å². The van der Waals surface area contributed by atoms with Gasteiger partial charge in [-0.1, -0.05) is 19.9 Å². The van der Waals surface area contributed by atoms with E-state index >= 15 is 0 Å². The zero-order valence-electron chi connectivity index (χ0n) is 20.7. The average molecular weight is 489 g/mol. The predicted octanol–water partition coefficient (Wildman–Crippen LogP) is 2.70. The Hall–Kier alpha value is -3.62. The Morgan fingerprint density at radius 1 is 1.11 bits per heavy atom. The Labute approximate surface area is 209 Å². The molecular formula is C27H32N6O3. The third-order valence-corrected chi connectivity index (χ3v) is 7.97. The second kappa shape index (κ2) is 8.80. The van der Waals surface area contributed by atoms with Crippen molar-refractivity contribution < 1.29 is 14.4 Å². The number of nitrogens with zero attached hydrogens (tertiary/aromatic N) is 4. The number of rotatable bonds is 6. The van der Waals surface area contributed by atoms with E-state index in [0.29, 0.717) is 17.9 Å². The van der Waals surface area contributed by atoms with Crippen LogP contribution >= 0.6 is 0 Å². The highest BCUT2D eigenvalue weighted by molar-refractivity contribution is 6.05. The van der Waals surface area contributed by atoms with Crippen molar-refractivity contribution in [1.29, 1.82) is 0 Å². The summed E-state index contributed by atoms with van der Waals surface area (Å²) in [6.45, 7) is 5.41. The van der Waals surface area contributed by atoms with E-state index in [-0.39, 0.29) is 29.7 Å². The lowest BCUT2D eigenvalue weighted by Gasteiger charge is -2.31. The molecule has 1 saturated carbocycles. The Morgan fingerprint density at radius 3 is 2.64 bits per heavy atom. The first-order valence-corrected chi connectivity index (χ1v) is 13.0. The SMILES string of the molecule is CC(C)[C@H](NC(=O)[C@H]1CC2CC2N1C(=O)c1cc(-c2ccn[nH]2)n2ccccc12)C(=O)N1CCCC1. The standard InChI is InChI=1S/C27H32N6O3/c1-16(2)24(27(36)31-10-5-6-11-31)29-25(34)23-14-17-13-21(17)33(23)26(35)18-15-22(19-8-9-28-30-19)32-12-4-3-7-20(18)32/h3-4,7-9,12,15-17,21,23-24H,5-6,10-11,13-14H2,1-2H3,(H,28,30)(H,29,34)/t17?,21?,23-,24+/m1/s1. The normalized spacial score (nSPS) is 23.8. The number of fused-ring (bicyclic) bond motifs is 2. The molecule has 3 aliphatic rings. The monoisotopic (exact) mass is 488 g/mol. The topological polar surface area (TPSA) is 103 Å². The maximum absolute atomic E-state index is 14.0. The number of aromatic nitrogens is 3. The molecule has 2 N–H and O–H groups in total. The zero-order valence-corrected chi connectivity index (χ0v) is 20.7. The van der Waals surface area contributed by atoms with E-state index in [1.54, 1.807) is 11.1 Å². The number of carbonyl (C=O) groups is 3. The van der Waals surface area contributed by atoms with Crippen molar-refractivity contribution in [2.75, 3.05) is 13.1 Å². The lowest BCUT2D eigenvalue weighted by molar-refractivity contribution is -0.137. The number of nitrogens with one attached hydrogen (secondary N) is 2. The molecule has 2 saturated heterocycles. The van der Waals surface area contributed by atoms with Crippen molar-refractivity contribution in [3.05, 3.63) is 48.3 Å². The summed E-state index contributed by atoms with van der Waals surface area (Å²) in [6.07, 6.45) is 7.19. The van der Waals surface area contributed by atoms with E-state index in [1.165, 1.54) is 0 Å². The second-order valence-electron chi connectivity index (χ2n) is 10.7.